The summed E-state index contributed by atoms with van der Waals surface area (Å²) in [6.45, 7) is 11.8. The summed E-state index contributed by atoms with van der Waals surface area (Å²) in [5.41, 5.74) is 3.21. The molecule has 0 unspecified atom stereocenters. The highest BCUT2D eigenvalue weighted by Gasteiger charge is 2.25. The van der Waals surface area contributed by atoms with Crippen LogP contribution in [0.1, 0.15) is 48.0 Å². The Kier molecular flexibility index (Phi) is 8.87. The molecule has 4 rings (SSSR count). The molecule has 2 amide bonds. The van der Waals surface area contributed by atoms with Gasteiger partial charge < -0.3 is 9.47 Å². The van der Waals surface area contributed by atoms with Gasteiger partial charge in [0.25, 0.3) is 0 Å². The second-order valence-electron chi connectivity index (χ2n) is 11.7. The van der Waals surface area contributed by atoms with Gasteiger partial charge in [0, 0.05) is 33.6 Å². The number of hydrogen-bond donors (Lipinski definition) is 2. The smallest absolute Gasteiger partial charge is 0.412 e. The van der Waals surface area contributed by atoms with Crippen molar-refractivity contribution in [2.24, 2.45) is 0 Å². The molecule has 0 atom stereocenters. The molecule has 0 aliphatic heterocycles. The van der Waals surface area contributed by atoms with Crippen LogP contribution in [0.3, 0.4) is 0 Å². The molecular formula is C32H37IN3O4+. The van der Waals surface area contributed by atoms with Crippen LogP contribution >= 0.6 is 22.6 Å². The molecule has 2 N–H and O–H groups in total. The zero-order valence-electron chi connectivity index (χ0n) is 23.9. The Hall–Kier alpha value is -3.40. The van der Waals surface area contributed by atoms with Crippen molar-refractivity contribution in [2.45, 2.75) is 65.7 Å². The van der Waals surface area contributed by atoms with Gasteiger partial charge in [-0.2, -0.15) is 4.57 Å². The lowest BCUT2D eigenvalue weighted by Crippen LogP contribution is -2.38. The summed E-state index contributed by atoms with van der Waals surface area (Å²) in [5.74, 6) is 0. The summed E-state index contributed by atoms with van der Waals surface area (Å²) in [7, 11) is 0. The Morgan fingerprint density at radius 2 is 1.30 bits per heavy atom. The van der Waals surface area contributed by atoms with Crippen LogP contribution in [-0.2, 0) is 16.0 Å². The summed E-state index contributed by atoms with van der Waals surface area (Å²) >= 11 is 2.40. The van der Waals surface area contributed by atoms with E-state index in [0.29, 0.717) is 11.4 Å². The van der Waals surface area contributed by atoms with Crippen molar-refractivity contribution in [1.29, 1.82) is 0 Å². The van der Waals surface area contributed by atoms with Crippen molar-refractivity contribution in [1.82, 2.24) is 0 Å². The first-order chi connectivity index (χ1) is 18.8. The standard InChI is InChI=1S/C32H36IN3O4/c1-31(2,3)39-29(37)34-22-13-15-24-25-16-14-23(35-30(38)40-32(4,5)6)20-27(25)36(18-10-17-33)28(26(24)19-22)21-11-8-7-9-12-21/h7-9,11-16,19-20H,10,17-18H2,1-6H3,(H,34,37)/p+1. The van der Waals surface area contributed by atoms with Crippen LogP contribution in [0.5, 0.6) is 0 Å². The molecule has 0 bridgehead atoms. The van der Waals surface area contributed by atoms with Gasteiger partial charge in [-0.15, -0.1) is 0 Å². The number of amides is 2. The van der Waals surface area contributed by atoms with Gasteiger partial charge >= 0.3 is 12.2 Å². The van der Waals surface area contributed by atoms with Gasteiger partial charge in [0.1, 0.15) is 17.7 Å². The first-order valence-corrected chi connectivity index (χ1v) is 14.9. The summed E-state index contributed by atoms with van der Waals surface area (Å²) < 4.78 is 14.3. The van der Waals surface area contributed by atoms with E-state index in [1.165, 1.54) is 0 Å². The van der Waals surface area contributed by atoms with E-state index in [0.717, 1.165) is 50.3 Å². The van der Waals surface area contributed by atoms with Crippen molar-refractivity contribution in [2.75, 3.05) is 15.1 Å². The molecule has 0 fully saturated rings. The van der Waals surface area contributed by atoms with Gasteiger partial charge in [0.05, 0.1) is 16.5 Å². The van der Waals surface area contributed by atoms with E-state index >= 15 is 0 Å². The predicted molar refractivity (Wildman–Crippen MR) is 170 cm³/mol. The van der Waals surface area contributed by atoms with Crippen LogP contribution in [0.25, 0.3) is 32.9 Å². The number of nitrogens with one attached hydrogen (secondary N) is 2. The van der Waals surface area contributed by atoms with E-state index in [1.807, 2.05) is 96.1 Å². The number of fused-ring (bicyclic) bond motifs is 3. The number of anilines is 2. The maximum Gasteiger partial charge on any atom is 0.412 e. The molecule has 1 aromatic heterocycles. The Morgan fingerprint density at radius 1 is 0.750 bits per heavy atom. The van der Waals surface area contributed by atoms with Crippen LogP contribution in [-0.4, -0.2) is 27.8 Å². The number of benzene rings is 3. The maximum absolute atomic E-state index is 12.6. The lowest BCUT2D eigenvalue weighted by atomic mass is 9.98. The number of ether oxygens (including phenoxy) is 2. The number of pyridine rings is 1. The molecule has 7 nitrogen and oxygen atoms in total. The minimum Gasteiger partial charge on any atom is -0.444 e. The molecule has 1 heterocycles. The van der Waals surface area contributed by atoms with E-state index in [1.54, 1.807) is 0 Å². The van der Waals surface area contributed by atoms with Crippen LogP contribution in [0.2, 0.25) is 0 Å². The number of carbonyl (C=O) groups excluding carboxylic acids is 2. The molecule has 8 heteroatoms. The van der Waals surface area contributed by atoms with Crippen molar-refractivity contribution >= 4 is 67.8 Å². The average molecular weight is 655 g/mol. The Morgan fingerprint density at radius 3 is 1.85 bits per heavy atom. The minimum atomic E-state index is -0.597. The molecular weight excluding hydrogens is 617 g/mol. The third-order valence-electron chi connectivity index (χ3n) is 5.98. The maximum atomic E-state index is 12.6. The third kappa shape index (κ3) is 7.41. The van der Waals surface area contributed by atoms with Crippen molar-refractivity contribution in [3.05, 3.63) is 66.7 Å². The first kappa shape index (κ1) is 29.6. The minimum absolute atomic E-state index is 0.493. The molecule has 4 aromatic rings. The largest absolute Gasteiger partial charge is 0.444 e. The number of rotatable bonds is 6. The summed E-state index contributed by atoms with van der Waals surface area (Å²) in [5, 5.41) is 8.88. The number of nitrogens with zero attached hydrogens (tertiary/aromatic N) is 1. The summed E-state index contributed by atoms with van der Waals surface area (Å²) in [4.78, 5) is 25.1. The highest BCUT2D eigenvalue weighted by Crippen LogP contribution is 2.34. The zero-order chi connectivity index (χ0) is 29.1. The monoisotopic (exact) mass is 654 g/mol. The molecule has 0 aliphatic carbocycles. The number of halogens is 1. The molecule has 0 radical (unpaired) electrons. The first-order valence-electron chi connectivity index (χ1n) is 13.4. The fourth-order valence-electron chi connectivity index (χ4n) is 4.58. The van der Waals surface area contributed by atoms with Gasteiger partial charge in [-0.1, -0.05) is 46.9 Å². The third-order valence-corrected chi connectivity index (χ3v) is 6.74. The van der Waals surface area contributed by atoms with E-state index in [9.17, 15) is 9.59 Å². The number of carbonyl (C=O) groups is 2. The van der Waals surface area contributed by atoms with Crippen LogP contribution in [0.4, 0.5) is 21.0 Å². The van der Waals surface area contributed by atoms with E-state index in [2.05, 4.69) is 49.9 Å². The summed E-state index contributed by atoms with van der Waals surface area (Å²) in [6.07, 6.45) is -0.0252. The fourth-order valence-corrected chi connectivity index (χ4v) is 4.92. The topological polar surface area (TPSA) is 80.5 Å². The van der Waals surface area contributed by atoms with Crippen molar-refractivity contribution in [3.63, 3.8) is 0 Å². The van der Waals surface area contributed by atoms with E-state index in [-0.39, 0.29) is 0 Å². The molecule has 0 aliphatic rings. The zero-order valence-corrected chi connectivity index (χ0v) is 26.1. The predicted octanol–water partition coefficient (Wildman–Crippen LogP) is 8.47. The second-order valence-corrected chi connectivity index (χ2v) is 12.7. The van der Waals surface area contributed by atoms with Crippen molar-refractivity contribution in [3.8, 4) is 11.3 Å². The Labute approximate surface area is 249 Å². The van der Waals surface area contributed by atoms with Gasteiger partial charge in [0.2, 0.25) is 11.2 Å². The number of aromatic nitrogens is 1. The quantitative estimate of drug-likeness (QED) is 0.0947. The Balaban J connectivity index is 1.93. The molecule has 3 aromatic carbocycles. The lowest BCUT2D eigenvalue weighted by molar-refractivity contribution is -0.659. The second kappa shape index (κ2) is 12.0. The SMILES string of the molecule is CC(C)(C)OC(=O)Nc1ccc2c(c1)c(-c1ccccc1)[n+](CCCI)c1cc(NC(=O)OC(C)(C)C)ccc21. The molecule has 210 valence electrons. The van der Waals surface area contributed by atoms with Gasteiger partial charge in [-0.05, 0) is 77.9 Å². The summed E-state index contributed by atoms with van der Waals surface area (Å²) in [6, 6.07) is 22.1. The highest BCUT2D eigenvalue weighted by molar-refractivity contribution is 14.1. The molecule has 0 saturated heterocycles. The van der Waals surface area contributed by atoms with Gasteiger partial charge in [-0.3, -0.25) is 10.6 Å². The number of alkyl halides is 1. The van der Waals surface area contributed by atoms with Gasteiger partial charge in [0.15, 0.2) is 0 Å². The van der Waals surface area contributed by atoms with Crippen LogP contribution in [0, 0.1) is 0 Å². The van der Waals surface area contributed by atoms with Gasteiger partial charge in [-0.25, -0.2) is 9.59 Å². The normalized spacial score (nSPS) is 11.9. The lowest BCUT2D eigenvalue weighted by Gasteiger charge is -2.20. The average Bonchev–Trinajstić information content (AvgIpc) is 2.85. The van der Waals surface area contributed by atoms with Crippen LogP contribution < -0.4 is 15.2 Å². The number of aryl methyl sites for hydroxylation is 1. The van der Waals surface area contributed by atoms with Crippen molar-refractivity contribution < 1.29 is 23.6 Å². The Bertz CT molecular complexity index is 1540. The fraction of sp³-hybridized carbons (Fsp3) is 0.344. The molecule has 0 spiro atoms. The van der Waals surface area contributed by atoms with E-state index in [4.69, 9.17) is 9.47 Å². The molecule has 40 heavy (non-hydrogen) atoms. The number of hydrogen-bond acceptors (Lipinski definition) is 4. The van der Waals surface area contributed by atoms with E-state index < -0.39 is 23.4 Å². The highest BCUT2D eigenvalue weighted by atomic mass is 127. The molecule has 0 saturated carbocycles. The van der Waals surface area contributed by atoms with Crippen LogP contribution in [0.15, 0.2) is 66.7 Å².